The molecule has 4 nitrogen and oxygen atoms in total. The molecule has 0 aromatic rings. The summed E-state index contributed by atoms with van der Waals surface area (Å²) in [5.74, 6) is 0. The smallest absolute Gasteiger partial charge is 0.412 e. The molecule has 0 saturated carbocycles. The monoisotopic (exact) mass is 215 g/mol. The summed E-state index contributed by atoms with van der Waals surface area (Å²) < 4.78 is 5.21. The summed E-state index contributed by atoms with van der Waals surface area (Å²) in [7, 11) is 0. The molecule has 1 heterocycles. The van der Waals surface area contributed by atoms with Gasteiger partial charge in [-0.1, -0.05) is 13.8 Å². The lowest BCUT2D eigenvalue weighted by atomic mass is 9.93. The maximum Gasteiger partial charge on any atom is 0.412 e. The summed E-state index contributed by atoms with van der Waals surface area (Å²) in [6.45, 7) is 10.1. The molecule has 0 aliphatic carbocycles. The molecule has 1 saturated heterocycles. The molecule has 1 unspecified atom stereocenters. The van der Waals surface area contributed by atoms with Crippen LogP contribution in [0.1, 0.15) is 41.0 Å². The van der Waals surface area contributed by atoms with Gasteiger partial charge in [0.1, 0.15) is 11.8 Å². The van der Waals surface area contributed by atoms with Gasteiger partial charge in [0.15, 0.2) is 0 Å². The molecule has 0 bridgehead atoms. The Morgan fingerprint density at radius 2 is 2.00 bits per heavy atom. The summed E-state index contributed by atoms with van der Waals surface area (Å²) in [4.78, 5) is 13.1. The Balaban J connectivity index is 2.62. The molecule has 1 amide bonds. The summed E-state index contributed by atoms with van der Waals surface area (Å²) in [6.07, 6.45) is -0.540. The van der Waals surface area contributed by atoms with Crippen molar-refractivity contribution in [2.24, 2.45) is 5.41 Å². The van der Waals surface area contributed by atoms with E-state index in [-0.39, 0.29) is 5.41 Å². The van der Waals surface area contributed by atoms with E-state index in [1.54, 1.807) is 0 Å². The first-order valence-corrected chi connectivity index (χ1v) is 5.28. The lowest BCUT2D eigenvalue weighted by Gasteiger charge is -2.26. The van der Waals surface area contributed by atoms with E-state index in [1.807, 2.05) is 34.6 Å². The highest BCUT2D eigenvalue weighted by atomic mass is 16.6. The number of ether oxygens (including phenoxy) is 1. The van der Waals surface area contributed by atoms with E-state index in [0.29, 0.717) is 13.0 Å². The van der Waals surface area contributed by atoms with Crippen molar-refractivity contribution in [1.82, 2.24) is 4.90 Å². The molecule has 0 aromatic carbocycles. The van der Waals surface area contributed by atoms with Crippen molar-refractivity contribution in [2.45, 2.75) is 52.9 Å². The van der Waals surface area contributed by atoms with Gasteiger partial charge in [-0.05, 0) is 32.6 Å². The van der Waals surface area contributed by atoms with Gasteiger partial charge in [0.2, 0.25) is 0 Å². The van der Waals surface area contributed by atoms with Crippen molar-refractivity contribution in [3.8, 4) is 0 Å². The van der Waals surface area contributed by atoms with Gasteiger partial charge in [-0.25, -0.2) is 4.79 Å². The van der Waals surface area contributed by atoms with Crippen LogP contribution in [-0.2, 0) is 4.74 Å². The molecule has 1 atom stereocenters. The minimum Gasteiger partial charge on any atom is -0.444 e. The van der Waals surface area contributed by atoms with Crippen molar-refractivity contribution >= 4 is 6.09 Å². The van der Waals surface area contributed by atoms with E-state index in [1.165, 1.54) is 4.90 Å². The molecular formula is C11H21NO3. The fraction of sp³-hybridized carbons (Fsp3) is 0.909. The van der Waals surface area contributed by atoms with E-state index in [9.17, 15) is 9.90 Å². The Kier molecular flexibility index (Phi) is 3.01. The Bertz CT molecular complexity index is 255. The summed E-state index contributed by atoms with van der Waals surface area (Å²) >= 11 is 0. The Morgan fingerprint density at radius 3 is 2.33 bits per heavy atom. The number of rotatable bonds is 0. The molecule has 15 heavy (non-hydrogen) atoms. The molecule has 0 spiro atoms. The number of carbonyl (C=O) groups excluding carboxylic acids is 1. The number of hydrogen-bond acceptors (Lipinski definition) is 3. The second-order valence-electron chi connectivity index (χ2n) is 5.96. The van der Waals surface area contributed by atoms with Crippen molar-refractivity contribution in [3.05, 3.63) is 0 Å². The average molecular weight is 215 g/mol. The maximum atomic E-state index is 11.7. The number of aliphatic hydroxyl groups is 1. The lowest BCUT2D eigenvalue weighted by molar-refractivity contribution is -0.0129. The molecule has 4 heteroatoms. The van der Waals surface area contributed by atoms with Gasteiger partial charge in [-0.2, -0.15) is 0 Å². The number of aliphatic hydroxyl groups excluding tert-OH is 1. The van der Waals surface area contributed by atoms with Crippen LogP contribution >= 0.6 is 0 Å². The maximum absolute atomic E-state index is 11.7. The molecule has 1 aliphatic rings. The third-order valence-electron chi connectivity index (χ3n) is 2.32. The van der Waals surface area contributed by atoms with Crippen molar-refractivity contribution in [2.75, 3.05) is 6.54 Å². The molecule has 1 N–H and O–H groups in total. The van der Waals surface area contributed by atoms with Crippen molar-refractivity contribution in [3.63, 3.8) is 0 Å². The second kappa shape index (κ2) is 3.67. The molecule has 88 valence electrons. The predicted molar refractivity (Wildman–Crippen MR) is 57.3 cm³/mol. The van der Waals surface area contributed by atoms with Gasteiger partial charge in [0.25, 0.3) is 0 Å². The number of amides is 1. The summed E-state index contributed by atoms with van der Waals surface area (Å²) in [5, 5.41) is 9.72. The minimum atomic E-state index is -0.713. The third-order valence-corrected chi connectivity index (χ3v) is 2.32. The molecule has 1 aliphatic heterocycles. The van der Waals surface area contributed by atoms with Crippen LogP contribution in [0, 0.1) is 5.41 Å². The quantitative estimate of drug-likeness (QED) is 0.672. The highest BCUT2D eigenvalue weighted by Gasteiger charge is 2.40. The minimum absolute atomic E-state index is 0.0314. The third kappa shape index (κ3) is 3.38. The van der Waals surface area contributed by atoms with Gasteiger partial charge in [-0.15, -0.1) is 0 Å². The van der Waals surface area contributed by atoms with Gasteiger partial charge in [0.05, 0.1) is 0 Å². The van der Waals surface area contributed by atoms with Crippen LogP contribution in [0.5, 0.6) is 0 Å². The van der Waals surface area contributed by atoms with Crippen LogP contribution in [-0.4, -0.2) is 34.5 Å². The fourth-order valence-electron chi connectivity index (χ4n) is 1.74. The Hall–Kier alpha value is -0.770. The summed E-state index contributed by atoms with van der Waals surface area (Å²) in [5.41, 5.74) is -0.542. The topological polar surface area (TPSA) is 49.8 Å². The molecule has 1 fully saturated rings. The second-order valence-corrected chi connectivity index (χ2v) is 5.96. The fourth-order valence-corrected chi connectivity index (χ4v) is 1.74. The molecule has 0 aromatic heterocycles. The van der Waals surface area contributed by atoms with Crippen LogP contribution in [0.15, 0.2) is 0 Å². The van der Waals surface area contributed by atoms with Gasteiger partial charge in [-0.3, -0.25) is 4.90 Å². The lowest BCUT2D eigenvalue weighted by Crippen LogP contribution is -2.40. The number of hydrogen-bond donors (Lipinski definition) is 1. The van der Waals surface area contributed by atoms with E-state index in [2.05, 4.69) is 0 Å². The normalized spacial score (nSPS) is 25.5. The Labute approximate surface area is 91.2 Å². The summed E-state index contributed by atoms with van der Waals surface area (Å²) in [6, 6.07) is 0. The van der Waals surface area contributed by atoms with Gasteiger partial charge >= 0.3 is 6.09 Å². The standard InChI is InChI=1S/C11H21NO3/c1-10(2,3)15-9(14)12-7-11(4,5)6-8(12)13/h8,13H,6-7H2,1-5H3. The zero-order valence-electron chi connectivity index (χ0n) is 10.2. The zero-order valence-corrected chi connectivity index (χ0v) is 10.2. The van der Waals surface area contributed by atoms with Gasteiger partial charge < -0.3 is 9.84 Å². The van der Waals surface area contributed by atoms with E-state index < -0.39 is 17.9 Å². The molecule has 0 radical (unpaired) electrons. The first-order valence-electron chi connectivity index (χ1n) is 5.28. The van der Waals surface area contributed by atoms with E-state index in [4.69, 9.17) is 4.74 Å². The number of carbonyl (C=O) groups is 1. The Morgan fingerprint density at radius 1 is 1.47 bits per heavy atom. The first-order chi connectivity index (χ1) is 6.61. The van der Waals surface area contributed by atoms with Crippen LogP contribution in [0.2, 0.25) is 0 Å². The average Bonchev–Trinajstić information content (AvgIpc) is 2.20. The largest absolute Gasteiger partial charge is 0.444 e. The molecular weight excluding hydrogens is 194 g/mol. The van der Waals surface area contributed by atoms with Crippen LogP contribution in [0.3, 0.4) is 0 Å². The van der Waals surface area contributed by atoms with E-state index in [0.717, 1.165) is 0 Å². The van der Waals surface area contributed by atoms with Crippen molar-refractivity contribution < 1.29 is 14.6 Å². The number of likely N-dealkylation sites (tertiary alicyclic amines) is 1. The van der Waals surface area contributed by atoms with Gasteiger partial charge in [0, 0.05) is 6.54 Å². The number of nitrogens with zero attached hydrogens (tertiary/aromatic N) is 1. The van der Waals surface area contributed by atoms with Crippen molar-refractivity contribution in [1.29, 1.82) is 0 Å². The van der Waals surface area contributed by atoms with E-state index >= 15 is 0 Å². The first kappa shape index (κ1) is 12.3. The van der Waals surface area contributed by atoms with Crippen LogP contribution in [0.25, 0.3) is 0 Å². The highest BCUT2D eigenvalue weighted by molar-refractivity contribution is 5.68. The SMILES string of the molecule is CC1(C)CC(O)N(C(=O)OC(C)(C)C)C1. The predicted octanol–water partition coefficient (Wildman–Crippen LogP) is 1.97. The van der Waals surface area contributed by atoms with Crippen LogP contribution in [0.4, 0.5) is 4.79 Å². The van der Waals surface area contributed by atoms with Crippen LogP contribution < -0.4 is 0 Å². The highest BCUT2D eigenvalue weighted by Crippen LogP contribution is 2.33. The zero-order chi connectivity index (χ0) is 11.9. The molecule has 1 rings (SSSR count).